The highest BCUT2D eigenvalue weighted by Crippen LogP contribution is 2.31. The molecular weight excluding hydrogens is 265 g/mol. The Hall–Kier alpha value is -0.555. The third-order valence-electron chi connectivity index (χ3n) is 2.02. The number of benzene rings is 1. The first-order chi connectivity index (χ1) is 6.61. The third kappa shape index (κ3) is 1.44. The van der Waals surface area contributed by atoms with Crippen molar-refractivity contribution in [3.05, 3.63) is 22.0 Å². The van der Waals surface area contributed by atoms with E-state index in [0.717, 1.165) is 10.1 Å². The Labute approximate surface area is 93.4 Å². The second kappa shape index (κ2) is 3.54. The average Bonchev–Trinajstić information content (AvgIpc) is 2.59. The van der Waals surface area contributed by atoms with E-state index in [4.69, 9.17) is 15.8 Å². The Bertz CT molecular complexity index is 485. The first kappa shape index (κ1) is 9.98. The molecule has 0 spiro atoms. The molecule has 0 aliphatic carbocycles. The number of rotatable bonds is 1. The molecule has 72 valence electrons. The van der Waals surface area contributed by atoms with Crippen molar-refractivity contribution in [2.45, 2.75) is 0 Å². The highest BCUT2D eigenvalue weighted by atomic mass is 79.9. The van der Waals surface area contributed by atoms with Crippen LogP contribution in [0.2, 0.25) is 0 Å². The van der Waals surface area contributed by atoms with Crippen molar-refractivity contribution in [2.24, 2.45) is 0 Å². The van der Waals surface area contributed by atoms with E-state index in [2.05, 4.69) is 15.9 Å². The maximum atomic E-state index is 9.10. The monoisotopic (exact) mass is 271 g/mol. The molecule has 0 bridgehead atoms. The van der Waals surface area contributed by atoms with Gasteiger partial charge in [-0.2, -0.15) is 0 Å². The van der Waals surface area contributed by atoms with Crippen LogP contribution >= 0.6 is 27.3 Å². The smallest absolute Gasteiger partial charge is 0.423 e. The molecule has 4 N–H and O–H groups in total. The molecule has 0 atom stereocenters. The summed E-state index contributed by atoms with van der Waals surface area (Å²) >= 11 is 4.84. The quantitative estimate of drug-likeness (QED) is 0.534. The van der Waals surface area contributed by atoms with Crippen LogP contribution in [0.3, 0.4) is 0 Å². The molecule has 0 aliphatic rings. The van der Waals surface area contributed by atoms with Gasteiger partial charge in [-0.1, -0.05) is 0 Å². The second-order valence-corrected chi connectivity index (χ2v) is 4.62. The molecule has 0 unspecified atom stereocenters. The van der Waals surface area contributed by atoms with Crippen molar-refractivity contribution < 1.29 is 10.0 Å². The maximum absolute atomic E-state index is 9.10. The van der Waals surface area contributed by atoms with E-state index < -0.39 is 7.12 Å². The fraction of sp³-hybridized carbons (Fsp3) is 0. The summed E-state index contributed by atoms with van der Waals surface area (Å²) in [4.78, 5) is 0. The highest BCUT2D eigenvalue weighted by molar-refractivity contribution is 9.10. The molecule has 3 nitrogen and oxygen atoms in total. The van der Waals surface area contributed by atoms with Crippen LogP contribution in [0.4, 0.5) is 5.69 Å². The van der Waals surface area contributed by atoms with Gasteiger partial charge in [-0.3, -0.25) is 0 Å². The summed E-state index contributed by atoms with van der Waals surface area (Å²) in [6.45, 7) is 0. The normalized spacial score (nSPS) is 10.8. The third-order valence-corrected chi connectivity index (χ3v) is 4.07. The summed E-state index contributed by atoms with van der Waals surface area (Å²) in [6.07, 6.45) is 0. The van der Waals surface area contributed by atoms with Gasteiger partial charge in [0.2, 0.25) is 0 Å². The summed E-state index contributed by atoms with van der Waals surface area (Å²) < 4.78 is 1.64. The molecule has 2 rings (SSSR count). The van der Waals surface area contributed by atoms with Gasteiger partial charge in [-0.15, -0.1) is 11.3 Å². The molecule has 1 heterocycles. The van der Waals surface area contributed by atoms with Crippen molar-refractivity contribution in [1.82, 2.24) is 0 Å². The lowest BCUT2D eigenvalue weighted by molar-refractivity contribution is 0.425. The number of thiophene rings is 1. The Kier molecular flexibility index (Phi) is 2.53. The van der Waals surface area contributed by atoms with E-state index in [0.29, 0.717) is 15.6 Å². The van der Waals surface area contributed by atoms with Gasteiger partial charge in [0.25, 0.3) is 0 Å². The standard InChI is InChI=1S/C8H7BBrNO2S/c10-7-5(9(12)13)3-6(11)4-1-2-14-8(4)7/h1-3,12-13H,11H2. The van der Waals surface area contributed by atoms with E-state index in [1.807, 2.05) is 11.4 Å². The van der Waals surface area contributed by atoms with Gasteiger partial charge in [-0.05, 0) is 38.9 Å². The first-order valence-corrected chi connectivity index (χ1v) is 5.59. The second-order valence-electron chi connectivity index (χ2n) is 2.91. The van der Waals surface area contributed by atoms with Crippen molar-refractivity contribution in [1.29, 1.82) is 0 Å². The van der Waals surface area contributed by atoms with Gasteiger partial charge < -0.3 is 15.8 Å². The predicted molar refractivity (Wildman–Crippen MR) is 63.8 cm³/mol. The average molecular weight is 272 g/mol. The Balaban J connectivity index is 2.82. The Morgan fingerprint density at radius 2 is 2.14 bits per heavy atom. The minimum Gasteiger partial charge on any atom is -0.423 e. The zero-order valence-electron chi connectivity index (χ0n) is 7.07. The molecule has 1 aromatic carbocycles. The minimum atomic E-state index is -1.50. The summed E-state index contributed by atoms with van der Waals surface area (Å²) in [5, 5.41) is 21.1. The maximum Gasteiger partial charge on any atom is 0.489 e. The number of hydrogen-bond acceptors (Lipinski definition) is 4. The number of fused-ring (bicyclic) bond motifs is 1. The van der Waals surface area contributed by atoms with Crippen LogP contribution in [0.25, 0.3) is 10.1 Å². The molecular formula is C8H7BBrNO2S. The van der Waals surface area contributed by atoms with Crippen LogP contribution in [0.15, 0.2) is 22.0 Å². The van der Waals surface area contributed by atoms with Crippen LogP contribution in [0, 0.1) is 0 Å². The summed E-state index contributed by atoms with van der Waals surface area (Å²) in [6, 6.07) is 3.48. The number of halogens is 1. The summed E-state index contributed by atoms with van der Waals surface area (Å²) in [5.74, 6) is 0. The molecule has 2 aromatic rings. The number of hydrogen-bond donors (Lipinski definition) is 3. The molecule has 0 saturated heterocycles. The van der Waals surface area contributed by atoms with Crippen LogP contribution < -0.4 is 11.2 Å². The summed E-state index contributed by atoms with van der Waals surface area (Å²) in [5.41, 5.74) is 6.73. The molecule has 0 aliphatic heterocycles. The number of anilines is 1. The topological polar surface area (TPSA) is 66.5 Å². The van der Waals surface area contributed by atoms with Gasteiger partial charge >= 0.3 is 7.12 Å². The highest BCUT2D eigenvalue weighted by Gasteiger charge is 2.18. The molecule has 0 radical (unpaired) electrons. The number of nitrogen functional groups attached to an aromatic ring is 1. The zero-order valence-corrected chi connectivity index (χ0v) is 9.47. The van der Waals surface area contributed by atoms with E-state index >= 15 is 0 Å². The van der Waals surface area contributed by atoms with Crippen molar-refractivity contribution in [3.63, 3.8) is 0 Å². The van der Waals surface area contributed by atoms with E-state index in [9.17, 15) is 0 Å². The van der Waals surface area contributed by atoms with Crippen LogP contribution in [-0.4, -0.2) is 17.2 Å². The van der Waals surface area contributed by atoms with E-state index in [1.165, 1.54) is 11.3 Å². The SMILES string of the molecule is Nc1cc(B(O)O)c(Br)c2sccc12. The van der Waals surface area contributed by atoms with Crippen molar-refractivity contribution in [3.8, 4) is 0 Å². The molecule has 0 fully saturated rings. The molecule has 0 saturated carbocycles. The van der Waals surface area contributed by atoms with Crippen molar-refractivity contribution in [2.75, 3.05) is 5.73 Å². The number of nitrogens with two attached hydrogens (primary N) is 1. The van der Waals surface area contributed by atoms with Crippen LogP contribution in [-0.2, 0) is 0 Å². The Morgan fingerprint density at radius 1 is 1.43 bits per heavy atom. The fourth-order valence-corrected chi connectivity index (χ4v) is 3.02. The molecule has 0 amide bonds. The molecule has 14 heavy (non-hydrogen) atoms. The van der Waals surface area contributed by atoms with E-state index in [-0.39, 0.29) is 0 Å². The lowest BCUT2D eigenvalue weighted by Gasteiger charge is -2.06. The van der Waals surface area contributed by atoms with Crippen LogP contribution in [0.5, 0.6) is 0 Å². The molecule has 1 aromatic heterocycles. The first-order valence-electron chi connectivity index (χ1n) is 3.92. The summed E-state index contributed by atoms with van der Waals surface area (Å²) in [7, 11) is -1.50. The largest absolute Gasteiger partial charge is 0.489 e. The van der Waals surface area contributed by atoms with Crippen LogP contribution in [0.1, 0.15) is 0 Å². The molecule has 6 heteroatoms. The Morgan fingerprint density at radius 3 is 2.79 bits per heavy atom. The zero-order chi connectivity index (χ0) is 10.3. The van der Waals surface area contributed by atoms with Crippen molar-refractivity contribution >= 4 is 55.6 Å². The van der Waals surface area contributed by atoms with Gasteiger partial charge in [-0.25, -0.2) is 0 Å². The van der Waals surface area contributed by atoms with E-state index in [1.54, 1.807) is 6.07 Å². The van der Waals surface area contributed by atoms with Gasteiger partial charge in [0, 0.05) is 15.5 Å². The van der Waals surface area contributed by atoms with Gasteiger partial charge in [0.15, 0.2) is 0 Å². The van der Waals surface area contributed by atoms with Gasteiger partial charge in [0.1, 0.15) is 0 Å². The predicted octanol–water partition coefficient (Wildman–Crippen LogP) is 0.926. The fourth-order valence-electron chi connectivity index (χ4n) is 1.33. The minimum absolute atomic E-state index is 0.400. The lowest BCUT2D eigenvalue weighted by atomic mass is 9.80. The lowest BCUT2D eigenvalue weighted by Crippen LogP contribution is -2.31. The van der Waals surface area contributed by atoms with Gasteiger partial charge in [0.05, 0.1) is 4.70 Å².